The Morgan fingerprint density at radius 1 is 1.10 bits per heavy atom. The van der Waals surface area contributed by atoms with Crippen LogP contribution in [0.15, 0.2) is 57.4 Å². The Bertz CT molecular complexity index is 910. The molecule has 156 valence electrons. The Kier molecular flexibility index (Phi) is 7.99. The fourth-order valence-corrected chi connectivity index (χ4v) is 5.77. The molecule has 0 atom stereocenters. The van der Waals surface area contributed by atoms with E-state index < -0.39 is 10.0 Å². The standard InChI is InChI=1S/C20H25N3O3S3/c1-16-4-6-17(7-5-16)27-13-10-21-19(24)15-28-20-9-8-18(14-22-20)29(25,26)23-11-2-3-12-23/h4-9,14H,2-3,10-13,15H2,1H3,(H,21,24). The predicted octanol–water partition coefficient (Wildman–Crippen LogP) is 3.18. The summed E-state index contributed by atoms with van der Waals surface area (Å²) in [7, 11) is -3.45. The van der Waals surface area contributed by atoms with Crippen molar-refractivity contribution in [1.29, 1.82) is 0 Å². The number of hydrogen-bond donors (Lipinski definition) is 1. The van der Waals surface area contributed by atoms with Gasteiger partial charge in [0.05, 0.1) is 10.8 Å². The van der Waals surface area contributed by atoms with E-state index >= 15 is 0 Å². The molecule has 3 rings (SSSR count). The topological polar surface area (TPSA) is 79.4 Å². The maximum atomic E-state index is 12.5. The molecule has 1 aromatic heterocycles. The SMILES string of the molecule is Cc1ccc(SCCNC(=O)CSc2ccc(S(=O)(=O)N3CCCC3)cn2)cc1. The van der Waals surface area contributed by atoms with Crippen molar-refractivity contribution in [3.05, 3.63) is 48.2 Å². The highest BCUT2D eigenvalue weighted by Crippen LogP contribution is 2.22. The van der Waals surface area contributed by atoms with Gasteiger partial charge in [0.1, 0.15) is 4.90 Å². The molecule has 1 N–H and O–H groups in total. The molecular weight excluding hydrogens is 426 g/mol. The van der Waals surface area contributed by atoms with Gasteiger partial charge in [-0.3, -0.25) is 4.79 Å². The fraction of sp³-hybridized carbons (Fsp3) is 0.400. The number of carbonyl (C=O) groups is 1. The van der Waals surface area contributed by atoms with E-state index in [2.05, 4.69) is 41.5 Å². The van der Waals surface area contributed by atoms with Crippen molar-refractivity contribution in [1.82, 2.24) is 14.6 Å². The predicted molar refractivity (Wildman–Crippen MR) is 118 cm³/mol. The molecule has 0 unspecified atom stereocenters. The van der Waals surface area contributed by atoms with Gasteiger partial charge in [-0.05, 0) is 44.0 Å². The molecule has 0 spiro atoms. The molecule has 0 aliphatic carbocycles. The molecule has 1 aromatic carbocycles. The monoisotopic (exact) mass is 451 g/mol. The number of rotatable bonds is 9. The van der Waals surface area contributed by atoms with Crippen LogP contribution in [-0.2, 0) is 14.8 Å². The Morgan fingerprint density at radius 2 is 1.83 bits per heavy atom. The van der Waals surface area contributed by atoms with Crippen molar-refractivity contribution in [2.45, 2.75) is 34.6 Å². The van der Waals surface area contributed by atoms with E-state index in [4.69, 9.17) is 0 Å². The first-order chi connectivity index (χ1) is 13.9. The minimum atomic E-state index is -3.45. The highest BCUT2D eigenvalue weighted by atomic mass is 32.2. The van der Waals surface area contributed by atoms with Gasteiger partial charge in [0, 0.05) is 36.5 Å². The number of benzene rings is 1. The molecule has 1 aliphatic rings. The van der Waals surface area contributed by atoms with Crippen molar-refractivity contribution in [3.8, 4) is 0 Å². The maximum absolute atomic E-state index is 12.5. The van der Waals surface area contributed by atoms with Crippen LogP contribution in [0.5, 0.6) is 0 Å². The largest absolute Gasteiger partial charge is 0.355 e. The summed E-state index contributed by atoms with van der Waals surface area (Å²) in [4.78, 5) is 17.6. The molecule has 0 bridgehead atoms. The van der Waals surface area contributed by atoms with Gasteiger partial charge >= 0.3 is 0 Å². The van der Waals surface area contributed by atoms with Crippen LogP contribution < -0.4 is 5.32 Å². The van der Waals surface area contributed by atoms with E-state index in [1.165, 1.54) is 32.7 Å². The minimum absolute atomic E-state index is 0.0601. The summed E-state index contributed by atoms with van der Waals surface area (Å²) in [6.07, 6.45) is 3.19. The molecule has 2 aromatic rings. The first kappa shape index (κ1) is 22.1. The zero-order valence-corrected chi connectivity index (χ0v) is 18.8. The molecule has 6 nitrogen and oxygen atoms in total. The van der Waals surface area contributed by atoms with E-state index in [1.807, 2.05) is 0 Å². The average molecular weight is 452 g/mol. The van der Waals surface area contributed by atoms with E-state index in [1.54, 1.807) is 23.9 Å². The van der Waals surface area contributed by atoms with E-state index in [9.17, 15) is 13.2 Å². The number of pyridine rings is 1. The van der Waals surface area contributed by atoms with Crippen molar-refractivity contribution in [2.24, 2.45) is 0 Å². The van der Waals surface area contributed by atoms with E-state index in [0.717, 1.165) is 18.6 Å². The number of aromatic nitrogens is 1. The van der Waals surface area contributed by atoms with E-state index in [0.29, 0.717) is 24.7 Å². The highest BCUT2D eigenvalue weighted by Gasteiger charge is 2.27. The summed E-state index contributed by atoms with van der Waals surface area (Å²) in [6, 6.07) is 11.5. The number of nitrogens with one attached hydrogen (secondary N) is 1. The fourth-order valence-electron chi connectivity index (χ4n) is 2.87. The summed E-state index contributed by atoms with van der Waals surface area (Å²) in [5.74, 6) is 0.997. The lowest BCUT2D eigenvalue weighted by Crippen LogP contribution is -2.28. The number of amides is 1. The van der Waals surface area contributed by atoms with Gasteiger partial charge in [-0.2, -0.15) is 4.31 Å². The first-order valence-corrected chi connectivity index (χ1v) is 12.9. The molecule has 29 heavy (non-hydrogen) atoms. The van der Waals surface area contributed by atoms with E-state index in [-0.39, 0.29) is 16.6 Å². The van der Waals surface area contributed by atoms with Crippen LogP contribution in [0.4, 0.5) is 0 Å². The van der Waals surface area contributed by atoms with Crippen molar-refractivity contribution in [2.75, 3.05) is 31.1 Å². The van der Waals surface area contributed by atoms with Gasteiger partial charge < -0.3 is 5.32 Å². The van der Waals surface area contributed by atoms with Gasteiger partial charge in [0.2, 0.25) is 15.9 Å². The number of carbonyl (C=O) groups excluding carboxylic acids is 1. The summed E-state index contributed by atoms with van der Waals surface area (Å²) in [6.45, 7) is 3.79. The number of nitrogens with zero attached hydrogens (tertiary/aromatic N) is 2. The third-order valence-corrected chi connectivity index (χ3v) is 8.32. The zero-order valence-electron chi connectivity index (χ0n) is 16.3. The molecule has 1 aliphatic heterocycles. The van der Waals surface area contributed by atoms with Crippen LogP contribution in [0.1, 0.15) is 18.4 Å². The highest BCUT2D eigenvalue weighted by molar-refractivity contribution is 8.00. The van der Waals surface area contributed by atoms with Crippen molar-refractivity contribution < 1.29 is 13.2 Å². The average Bonchev–Trinajstić information content (AvgIpc) is 3.27. The Morgan fingerprint density at radius 3 is 2.48 bits per heavy atom. The zero-order chi connectivity index (χ0) is 20.7. The second-order valence-electron chi connectivity index (χ2n) is 6.74. The molecule has 9 heteroatoms. The molecular formula is C20H25N3O3S3. The van der Waals surface area contributed by atoms with Crippen molar-refractivity contribution >= 4 is 39.5 Å². The van der Waals surface area contributed by atoms with Gasteiger partial charge in [0.15, 0.2) is 0 Å². The van der Waals surface area contributed by atoms with Crippen LogP contribution in [0.25, 0.3) is 0 Å². The number of thioether (sulfide) groups is 2. The van der Waals surface area contributed by atoms with Crippen LogP contribution >= 0.6 is 23.5 Å². The second-order valence-corrected chi connectivity index (χ2v) is 10.8. The normalized spacial score (nSPS) is 14.8. The summed E-state index contributed by atoms with van der Waals surface area (Å²) in [5.41, 5.74) is 1.23. The molecule has 0 radical (unpaired) electrons. The maximum Gasteiger partial charge on any atom is 0.244 e. The van der Waals surface area contributed by atoms with Gasteiger partial charge in [-0.1, -0.05) is 29.5 Å². The van der Waals surface area contributed by atoms with Gasteiger partial charge in [-0.25, -0.2) is 13.4 Å². The van der Waals surface area contributed by atoms with Crippen molar-refractivity contribution in [3.63, 3.8) is 0 Å². The Labute approximate surface area is 180 Å². The third kappa shape index (κ3) is 6.47. The smallest absolute Gasteiger partial charge is 0.244 e. The quantitative estimate of drug-likeness (QED) is 0.466. The van der Waals surface area contributed by atoms with Crippen LogP contribution in [0.2, 0.25) is 0 Å². The van der Waals surface area contributed by atoms with Gasteiger partial charge in [0.25, 0.3) is 0 Å². The summed E-state index contributed by atoms with van der Waals surface area (Å²) < 4.78 is 26.5. The lowest BCUT2D eigenvalue weighted by Gasteiger charge is -2.15. The van der Waals surface area contributed by atoms with Crippen LogP contribution in [0.3, 0.4) is 0 Å². The molecule has 1 fully saturated rings. The molecule has 1 amide bonds. The number of aryl methyl sites for hydroxylation is 1. The number of sulfonamides is 1. The second kappa shape index (κ2) is 10.5. The lowest BCUT2D eigenvalue weighted by atomic mass is 10.2. The molecule has 2 heterocycles. The summed E-state index contributed by atoms with van der Waals surface area (Å²) >= 11 is 3.00. The Hall–Kier alpha value is -1.55. The lowest BCUT2D eigenvalue weighted by molar-refractivity contribution is -0.118. The van der Waals surface area contributed by atoms with Gasteiger partial charge in [-0.15, -0.1) is 11.8 Å². The minimum Gasteiger partial charge on any atom is -0.355 e. The summed E-state index contributed by atoms with van der Waals surface area (Å²) in [5, 5.41) is 3.53. The molecule has 0 saturated carbocycles. The third-order valence-electron chi connectivity index (χ3n) is 4.48. The number of hydrogen-bond acceptors (Lipinski definition) is 6. The molecule has 1 saturated heterocycles. The first-order valence-electron chi connectivity index (χ1n) is 9.50. The Balaban J connectivity index is 1.39. The van der Waals surface area contributed by atoms with Crippen LogP contribution in [-0.4, -0.2) is 54.8 Å². The van der Waals surface area contributed by atoms with Crippen LogP contribution in [0, 0.1) is 6.92 Å².